The van der Waals surface area contributed by atoms with Crippen LogP contribution in [0.25, 0.3) is 47.7 Å². The maximum Gasteiger partial charge on any atom is 0.488 e. The van der Waals surface area contributed by atoms with Gasteiger partial charge in [0.25, 0.3) is 0 Å². The first-order valence-corrected chi connectivity index (χ1v) is 10.3. The quantitative estimate of drug-likeness (QED) is 0.414. The highest BCUT2D eigenvalue weighted by atomic mass is 32.1. The molecule has 2 heterocycles. The Balaban J connectivity index is 1.71. The van der Waals surface area contributed by atoms with Crippen molar-refractivity contribution < 1.29 is 10.0 Å². The lowest BCUT2D eigenvalue weighted by molar-refractivity contribution is 0.426. The van der Waals surface area contributed by atoms with Crippen molar-refractivity contribution >= 4 is 65.9 Å². The van der Waals surface area contributed by atoms with Gasteiger partial charge in [0.2, 0.25) is 0 Å². The molecule has 2 N–H and O–H groups in total. The minimum Gasteiger partial charge on any atom is -0.423 e. The maximum atomic E-state index is 9.62. The standard InChI is InChI=1S/C24H16BNO2S/c27-25(28)15-9-11-22-19(13-15)17-5-1-3-7-21(17)26(22)16-10-12-24-20(14-16)18-6-2-4-8-23(18)29-24/h1-14,27-28H. The van der Waals surface area contributed by atoms with Gasteiger partial charge in [-0.2, -0.15) is 0 Å². The summed E-state index contributed by atoms with van der Waals surface area (Å²) in [6.45, 7) is 0. The van der Waals surface area contributed by atoms with Gasteiger partial charge in [-0.05, 0) is 41.9 Å². The smallest absolute Gasteiger partial charge is 0.423 e. The Bertz CT molecular complexity index is 1550. The second-order valence-electron chi connectivity index (χ2n) is 7.28. The van der Waals surface area contributed by atoms with Crippen molar-refractivity contribution in [2.24, 2.45) is 0 Å². The van der Waals surface area contributed by atoms with E-state index in [-0.39, 0.29) is 0 Å². The van der Waals surface area contributed by atoms with Gasteiger partial charge in [0, 0.05) is 36.6 Å². The highest BCUT2D eigenvalue weighted by molar-refractivity contribution is 7.25. The van der Waals surface area contributed by atoms with E-state index in [1.54, 1.807) is 6.07 Å². The lowest BCUT2D eigenvalue weighted by atomic mass is 9.80. The van der Waals surface area contributed by atoms with Crippen molar-refractivity contribution in [3.8, 4) is 5.69 Å². The zero-order valence-electron chi connectivity index (χ0n) is 15.4. The van der Waals surface area contributed by atoms with Crippen LogP contribution in [0.4, 0.5) is 0 Å². The van der Waals surface area contributed by atoms with Gasteiger partial charge < -0.3 is 14.6 Å². The van der Waals surface area contributed by atoms with Gasteiger partial charge in [0.15, 0.2) is 0 Å². The van der Waals surface area contributed by atoms with Gasteiger partial charge >= 0.3 is 7.12 Å². The van der Waals surface area contributed by atoms with E-state index in [4.69, 9.17) is 0 Å². The number of benzene rings is 4. The molecule has 0 spiro atoms. The zero-order valence-corrected chi connectivity index (χ0v) is 16.2. The third-order valence-corrected chi connectivity index (χ3v) is 6.77. The fourth-order valence-corrected chi connectivity index (χ4v) is 5.37. The van der Waals surface area contributed by atoms with Crippen molar-refractivity contribution in [3.05, 3.63) is 84.9 Å². The Hall–Kier alpha value is -3.12. The third-order valence-electron chi connectivity index (χ3n) is 5.61. The molecule has 4 aromatic carbocycles. The zero-order chi connectivity index (χ0) is 19.5. The van der Waals surface area contributed by atoms with E-state index in [9.17, 15) is 10.0 Å². The molecule has 0 fully saturated rings. The van der Waals surface area contributed by atoms with Gasteiger partial charge in [-0.1, -0.05) is 48.5 Å². The summed E-state index contributed by atoms with van der Waals surface area (Å²) in [5.74, 6) is 0. The van der Waals surface area contributed by atoms with Crippen LogP contribution in [0.5, 0.6) is 0 Å². The molecule has 138 valence electrons. The fraction of sp³-hybridized carbons (Fsp3) is 0. The molecule has 0 aliphatic heterocycles. The number of para-hydroxylation sites is 1. The Labute approximate surface area is 171 Å². The summed E-state index contributed by atoms with van der Waals surface area (Å²) in [7, 11) is -1.48. The predicted octanol–water partition coefficient (Wildman–Crippen LogP) is 4.83. The van der Waals surface area contributed by atoms with Crippen LogP contribution >= 0.6 is 11.3 Å². The number of fused-ring (bicyclic) bond motifs is 6. The predicted molar refractivity (Wildman–Crippen MR) is 123 cm³/mol. The first-order valence-electron chi connectivity index (χ1n) is 9.51. The SMILES string of the molecule is OB(O)c1ccc2c(c1)c1ccccc1n2-c1ccc2sc3ccccc3c2c1. The summed E-state index contributed by atoms with van der Waals surface area (Å²) < 4.78 is 4.83. The fourth-order valence-electron chi connectivity index (χ4n) is 4.28. The van der Waals surface area contributed by atoms with Gasteiger partial charge in [0.1, 0.15) is 0 Å². The summed E-state index contributed by atoms with van der Waals surface area (Å²) >= 11 is 1.82. The van der Waals surface area contributed by atoms with E-state index in [0.717, 1.165) is 27.5 Å². The summed E-state index contributed by atoms with van der Waals surface area (Å²) in [6, 6.07) is 29.0. The van der Waals surface area contributed by atoms with E-state index < -0.39 is 7.12 Å². The summed E-state index contributed by atoms with van der Waals surface area (Å²) in [6.07, 6.45) is 0. The monoisotopic (exact) mass is 393 g/mol. The average Bonchev–Trinajstić information content (AvgIpc) is 3.28. The minimum atomic E-state index is -1.48. The highest BCUT2D eigenvalue weighted by Crippen LogP contribution is 2.37. The normalized spacial score (nSPS) is 11.8. The number of rotatable bonds is 2. The van der Waals surface area contributed by atoms with Crippen LogP contribution in [0.2, 0.25) is 0 Å². The largest absolute Gasteiger partial charge is 0.488 e. The third kappa shape index (κ3) is 2.45. The molecule has 0 aliphatic carbocycles. The van der Waals surface area contributed by atoms with E-state index in [1.165, 1.54) is 20.2 Å². The first kappa shape index (κ1) is 16.8. The lowest BCUT2D eigenvalue weighted by Gasteiger charge is -2.09. The molecule has 5 heteroatoms. The second kappa shape index (κ2) is 6.19. The summed E-state index contributed by atoms with van der Waals surface area (Å²) in [5.41, 5.74) is 3.75. The van der Waals surface area contributed by atoms with E-state index >= 15 is 0 Å². The highest BCUT2D eigenvalue weighted by Gasteiger charge is 2.17. The van der Waals surface area contributed by atoms with Gasteiger partial charge in [-0.25, -0.2) is 0 Å². The first-order chi connectivity index (χ1) is 14.2. The number of hydrogen-bond acceptors (Lipinski definition) is 3. The molecule has 0 atom stereocenters. The number of hydrogen-bond donors (Lipinski definition) is 2. The molecule has 6 rings (SSSR count). The average molecular weight is 393 g/mol. The van der Waals surface area contributed by atoms with E-state index in [2.05, 4.69) is 59.2 Å². The van der Waals surface area contributed by atoms with Gasteiger partial charge in [-0.15, -0.1) is 11.3 Å². The molecular formula is C24H16BNO2S. The van der Waals surface area contributed by atoms with Gasteiger partial charge in [-0.3, -0.25) is 0 Å². The van der Waals surface area contributed by atoms with Gasteiger partial charge in [0.05, 0.1) is 11.0 Å². The molecule has 0 saturated carbocycles. The Morgan fingerprint density at radius 1 is 0.621 bits per heavy atom. The van der Waals surface area contributed by atoms with Crippen LogP contribution in [0, 0.1) is 0 Å². The topological polar surface area (TPSA) is 45.4 Å². The summed E-state index contributed by atoms with van der Waals surface area (Å²) in [5, 5.41) is 23.9. The molecule has 0 bridgehead atoms. The Morgan fingerprint density at radius 3 is 2.21 bits per heavy atom. The molecule has 0 unspecified atom stereocenters. The molecular weight excluding hydrogens is 377 g/mol. The van der Waals surface area contributed by atoms with Crippen molar-refractivity contribution in [3.63, 3.8) is 0 Å². The van der Waals surface area contributed by atoms with Crippen LogP contribution < -0.4 is 5.46 Å². The molecule has 0 saturated heterocycles. The van der Waals surface area contributed by atoms with Crippen molar-refractivity contribution in [1.82, 2.24) is 4.57 Å². The van der Waals surface area contributed by atoms with Crippen molar-refractivity contribution in [2.75, 3.05) is 0 Å². The van der Waals surface area contributed by atoms with Crippen LogP contribution in [0.1, 0.15) is 0 Å². The van der Waals surface area contributed by atoms with Crippen molar-refractivity contribution in [2.45, 2.75) is 0 Å². The molecule has 3 nitrogen and oxygen atoms in total. The lowest BCUT2D eigenvalue weighted by Crippen LogP contribution is -2.29. The Morgan fingerprint density at radius 2 is 1.34 bits per heavy atom. The number of nitrogens with zero attached hydrogens (tertiary/aromatic N) is 1. The summed E-state index contributed by atoms with van der Waals surface area (Å²) in [4.78, 5) is 0. The van der Waals surface area contributed by atoms with Crippen LogP contribution in [-0.2, 0) is 0 Å². The number of aromatic nitrogens is 1. The number of thiophene rings is 1. The molecule has 0 aliphatic rings. The molecule has 0 radical (unpaired) electrons. The van der Waals surface area contributed by atoms with Crippen LogP contribution in [0.15, 0.2) is 84.9 Å². The molecule has 6 aromatic rings. The van der Waals surface area contributed by atoms with Crippen LogP contribution in [-0.4, -0.2) is 21.7 Å². The molecule has 29 heavy (non-hydrogen) atoms. The Kier molecular flexibility index (Phi) is 3.59. The molecule has 2 aromatic heterocycles. The maximum absolute atomic E-state index is 9.62. The van der Waals surface area contributed by atoms with E-state index in [0.29, 0.717) is 5.46 Å². The second-order valence-corrected chi connectivity index (χ2v) is 8.37. The molecule has 0 amide bonds. The van der Waals surface area contributed by atoms with Crippen molar-refractivity contribution in [1.29, 1.82) is 0 Å². The van der Waals surface area contributed by atoms with Crippen LogP contribution in [0.3, 0.4) is 0 Å². The minimum absolute atomic E-state index is 0.500. The van der Waals surface area contributed by atoms with E-state index in [1.807, 2.05) is 35.6 Å².